The van der Waals surface area contributed by atoms with Crippen LogP contribution in [-0.2, 0) is 9.31 Å². The van der Waals surface area contributed by atoms with Crippen LogP contribution < -0.4 is 5.46 Å². The molecule has 3 aromatic carbocycles. The molecule has 0 atom stereocenters. The molecule has 0 radical (unpaired) electrons. The summed E-state index contributed by atoms with van der Waals surface area (Å²) in [7, 11) is -0.565. The summed E-state index contributed by atoms with van der Waals surface area (Å²) in [4.78, 5) is 4.88. The minimum absolute atomic E-state index is 0.355. The third-order valence-corrected chi connectivity index (χ3v) is 7.22. The highest BCUT2D eigenvalue weighted by atomic mass is 16.7. The van der Waals surface area contributed by atoms with Gasteiger partial charge in [-0.3, -0.25) is 0 Å². The highest BCUT2D eigenvalue weighted by Gasteiger charge is 2.51. The van der Waals surface area contributed by atoms with Crippen molar-refractivity contribution in [1.82, 2.24) is 4.98 Å². The minimum Gasteiger partial charge on any atom is -0.399 e. The predicted octanol–water partition coefficient (Wildman–Crippen LogP) is 6.13. The molecule has 0 amide bonds. The molecule has 1 aliphatic heterocycles. The van der Waals surface area contributed by atoms with Crippen LogP contribution >= 0.6 is 0 Å². The Hall–Kier alpha value is -4.23. The number of hydrogen-bond acceptors (Lipinski definition) is 5. The van der Waals surface area contributed by atoms with Crippen LogP contribution in [0.25, 0.3) is 33.6 Å². The van der Waals surface area contributed by atoms with Crippen LogP contribution in [0.1, 0.15) is 38.8 Å². The summed E-state index contributed by atoms with van der Waals surface area (Å²) in [5.41, 5.74) is 4.54. The van der Waals surface area contributed by atoms with E-state index in [-0.39, 0.29) is 0 Å². The highest BCUT2D eigenvalue weighted by Crippen LogP contribution is 2.39. The molecular weight excluding hydrogens is 457 g/mol. The first-order valence-corrected chi connectivity index (χ1v) is 12.2. The SMILES string of the molecule is CC1(C)OB(c2cccc(-c3c(C#N)c(-c4ccccc4)nc(-c4ccccc4)c3C#N)c2)OC1(C)C. The van der Waals surface area contributed by atoms with Gasteiger partial charge in [0.25, 0.3) is 0 Å². The molecule has 0 N–H and O–H groups in total. The number of nitriles is 2. The van der Waals surface area contributed by atoms with Gasteiger partial charge in [0.05, 0.1) is 33.7 Å². The van der Waals surface area contributed by atoms with Crippen molar-refractivity contribution in [3.05, 3.63) is 96.1 Å². The van der Waals surface area contributed by atoms with E-state index in [9.17, 15) is 10.5 Å². The predicted molar refractivity (Wildman–Crippen MR) is 146 cm³/mol. The summed E-state index contributed by atoms with van der Waals surface area (Å²) in [5, 5.41) is 20.7. The van der Waals surface area contributed by atoms with Crippen molar-refractivity contribution in [2.45, 2.75) is 38.9 Å². The Bertz CT molecular complexity index is 1460. The van der Waals surface area contributed by atoms with Crippen molar-refractivity contribution in [2.75, 3.05) is 0 Å². The lowest BCUT2D eigenvalue weighted by molar-refractivity contribution is 0.00578. The molecule has 180 valence electrons. The van der Waals surface area contributed by atoms with Crippen molar-refractivity contribution < 1.29 is 9.31 Å². The summed E-state index contributed by atoms with van der Waals surface area (Å²) >= 11 is 0. The van der Waals surface area contributed by atoms with Crippen LogP contribution in [0.4, 0.5) is 0 Å². The van der Waals surface area contributed by atoms with Crippen LogP contribution in [0.2, 0.25) is 0 Å². The van der Waals surface area contributed by atoms with E-state index in [1.807, 2.05) is 113 Å². The first kappa shape index (κ1) is 24.5. The molecule has 4 aromatic rings. The van der Waals surface area contributed by atoms with Crippen LogP contribution in [0.5, 0.6) is 0 Å². The first-order valence-electron chi connectivity index (χ1n) is 12.2. The zero-order valence-corrected chi connectivity index (χ0v) is 21.3. The van der Waals surface area contributed by atoms with Gasteiger partial charge in [-0.1, -0.05) is 84.9 Å². The third kappa shape index (κ3) is 4.32. The highest BCUT2D eigenvalue weighted by molar-refractivity contribution is 6.62. The van der Waals surface area contributed by atoms with E-state index in [1.165, 1.54) is 0 Å². The Balaban J connectivity index is 1.77. The maximum atomic E-state index is 10.4. The van der Waals surface area contributed by atoms with Gasteiger partial charge in [0.2, 0.25) is 0 Å². The average Bonchev–Trinajstić information content (AvgIpc) is 3.14. The second kappa shape index (κ2) is 9.34. The van der Waals surface area contributed by atoms with Crippen molar-refractivity contribution in [3.8, 4) is 45.8 Å². The average molecular weight is 483 g/mol. The second-order valence-corrected chi connectivity index (χ2v) is 10.1. The molecule has 0 spiro atoms. The summed E-state index contributed by atoms with van der Waals surface area (Å²) in [6.45, 7) is 8.05. The number of pyridine rings is 1. The number of benzene rings is 3. The lowest BCUT2D eigenvalue weighted by Gasteiger charge is -2.32. The fraction of sp³-hybridized carbons (Fsp3) is 0.194. The molecule has 0 saturated carbocycles. The Kier molecular flexibility index (Phi) is 6.17. The van der Waals surface area contributed by atoms with Crippen LogP contribution in [0.15, 0.2) is 84.9 Å². The van der Waals surface area contributed by atoms with Gasteiger partial charge < -0.3 is 9.31 Å². The molecule has 1 aliphatic rings. The Morgan fingerprint density at radius 3 is 1.57 bits per heavy atom. The molecule has 37 heavy (non-hydrogen) atoms. The standard InChI is InChI=1S/C31H26BN3O2/c1-30(2)31(3,4)37-32(36-30)24-17-11-16-23(18-24)27-25(19-33)28(21-12-7-5-8-13-21)35-29(26(27)20-34)22-14-9-6-10-15-22/h5-18H,1-4H3. The van der Waals surface area contributed by atoms with Gasteiger partial charge in [0, 0.05) is 16.7 Å². The Morgan fingerprint density at radius 2 is 1.11 bits per heavy atom. The quantitative estimate of drug-likeness (QED) is 0.327. The van der Waals surface area contributed by atoms with Gasteiger partial charge in [-0.2, -0.15) is 10.5 Å². The molecule has 1 aromatic heterocycles. The number of nitrogens with zero attached hydrogens (tertiary/aromatic N) is 3. The molecule has 1 saturated heterocycles. The van der Waals surface area contributed by atoms with Crippen molar-refractivity contribution >= 4 is 12.6 Å². The van der Waals surface area contributed by atoms with Gasteiger partial charge in [0.1, 0.15) is 12.1 Å². The summed E-state index contributed by atoms with van der Waals surface area (Å²) in [6.07, 6.45) is 0. The van der Waals surface area contributed by atoms with Gasteiger partial charge in [-0.05, 0) is 38.7 Å². The summed E-state index contributed by atoms with van der Waals surface area (Å²) in [5.74, 6) is 0. The molecule has 1 fully saturated rings. The van der Waals surface area contributed by atoms with Gasteiger partial charge in [-0.15, -0.1) is 0 Å². The van der Waals surface area contributed by atoms with E-state index in [0.717, 1.165) is 22.2 Å². The van der Waals surface area contributed by atoms with Gasteiger partial charge in [-0.25, -0.2) is 4.98 Å². The lowest BCUT2D eigenvalue weighted by Crippen LogP contribution is -2.41. The number of aromatic nitrogens is 1. The lowest BCUT2D eigenvalue weighted by atomic mass is 9.77. The molecule has 5 rings (SSSR count). The van der Waals surface area contributed by atoms with Crippen molar-refractivity contribution in [3.63, 3.8) is 0 Å². The third-order valence-electron chi connectivity index (χ3n) is 7.22. The maximum Gasteiger partial charge on any atom is 0.494 e. The van der Waals surface area contributed by atoms with E-state index in [4.69, 9.17) is 14.3 Å². The largest absolute Gasteiger partial charge is 0.494 e. The van der Waals surface area contributed by atoms with Crippen molar-refractivity contribution in [2.24, 2.45) is 0 Å². The fourth-order valence-electron chi connectivity index (χ4n) is 4.52. The van der Waals surface area contributed by atoms with E-state index >= 15 is 0 Å². The molecule has 0 aliphatic carbocycles. The number of hydrogen-bond donors (Lipinski definition) is 0. The van der Waals surface area contributed by atoms with E-state index < -0.39 is 18.3 Å². The molecular formula is C31H26BN3O2. The fourth-order valence-corrected chi connectivity index (χ4v) is 4.52. The minimum atomic E-state index is -0.565. The van der Waals surface area contributed by atoms with Gasteiger partial charge >= 0.3 is 7.12 Å². The normalized spacial score (nSPS) is 15.7. The molecule has 0 unspecified atom stereocenters. The summed E-state index contributed by atoms with van der Waals surface area (Å²) < 4.78 is 12.6. The van der Waals surface area contributed by atoms with Crippen LogP contribution in [0, 0.1) is 22.7 Å². The second-order valence-electron chi connectivity index (χ2n) is 10.1. The molecule has 0 bridgehead atoms. The molecule has 2 heterocycles. The van der Waals surface area contributed by atoms with Crippen LogP contribution in [0.3, 0.4) is 0 Å². The smallest absolute Gasteiger partial charge is 0.399 e. The first-order chi connectivity index (χ1) is 17.8. The Labute approximate surface area is 218 Å². The molecule has 6 heteroatoms. The topological polar surface area (TPSA) is 78.9 Å². The molecule has 5 nitrogen and oxygen atoms in total. The monoisotopic (exact) mass is 483 g/mol. The maximum absolute atomic E-state index is 10.4. The van der Waals surface area contributed by atoms with E-state index in [1.54, 1.807) is 0 Å². The van der Waals surface area contributed by atoms with Crippen molar-refractivity contribution in [1.29, 1.82) is 10.5 Å². The van der Waals surface area contributed by atoms with E-state index in [0.29, 0.717) is 28.1 Å². The van der Waals surface area contributed by atoms with E-state index in [2.05, 4.69) is 12.1 Å². The number of rotatable bonds is 4. The van der Waals surface area contributed by atoms with Gasteiger partial charge in [0.15, 0.2) is 0 Å². The summed E-state index contributed by atoms with van der Waals surface area (Å²) in [6, 6.07) is 31.6. The van der Waals surface area contributed by atoms with Crippen LogP contribution in [-0.4, -0.2) is 23.3 Å². The zero-order chi connectivity index (χ0) is 26.2. The Morgan fingerprint density at radius 1 is 0.649 bits per heavy atom. The zero-order valence-electron chi connectivity index (χ0n) is 21.3.